The normalized spacial score (nSPS) is 10.0. The van der Waals surface area contributed by atoms with Gasteiger partial charge in [0, 0.05) is 5.56 Å². The first kappa shape index (κ1) is 11.2. The van der Waals surface area contributed by atoms with E-state index in [1.807, 2.05) is 0 Å². The summed E-state index contributed by atoms with van der Waals surface area (Å²) in [5, 5.41) is 7.24. The van der Waals surface area contributed by atoms with Crippen LogP contribution in [0.3, 0.4) is 0 Å². The molecule has 1 heterocycles. The summed E-state index contributed by atoms with van der Waals surface area (Å²) in [6.07, 6.45) is 0. The zero-order valence-corrected chi connectivity index (χ0v) is 9.19. The molecule has 76 valence electrons. The highest BCUT2D eigenvalue weighted by Crippen LogP contribution is 2.22. The third kappa shape index (κ3) is 2.13. The van der Waals surface area contributed by atoms with Gasteiger partial charge in [0.15, 0.2) is 10.3 Å². The van der Waals surface area contributed by atoms with Crippen molar-refractivity contribution >= 4 is 29.2 Å². The minimum Gasteiger partial charge on any atom is -0.462 e. The summed E-state index contributed by atoms with van der Waals surface area (Å²) in [6.45, 7) is 3.61. The highest BCUT2D eigenvalue weighted by molar-refractivity contribution is 6.34. The number of esters is 1. The molecule has 1 rings (SSSR count). The van der Waals surface area contributed by atoms with Gasteiger partial charge in [-0.1, -0.05) is 23.2 Å². The molecular weight excluding hydrogens is 227 g/mol. The van der Waals surface area contributed by atoms with Crippen LogP contribution in [-0.2, 0) is 4.74 Å². The van der Waals surface area contributed by atoms with E-state index in [1.54, 1.807) is 13.8 Å². The molecule has 4 nitrogen and oxygen atoms in total. The fourth-order valence-corrected chi connectivity index (χ4v) is 1.30. The molecule has 0 fully saturated rings. The highest BCUT2D eigenvalue weighted by atomic mass is 35.5. The van der Waals surface area contributed by atoms with E-state index in [9.17, 15) is 4.79 Å². The molecule has 0 saturated heterocycles. The summed E-state index contributed by atoms with van der Waals surface area (Å²) in [5.74, 6) is -0.535. The van der Waals surface area contributed by atoms with E-state index in [0.717, 1.165) is 0 Å². The molecule has 0 atom stereocenters. The predicted octanol–water partition coefficient (Wildman–Crippen LogP) is 2.27. The Balaban J connectivity index is 3.18. The summed E-state index contributed by atoms with van der Waals surface area (Å²) in [5.41, 5.74) is 0.652. The molecule has 0 aliphatic carbocycles. The van der Waals surface area contributed by atoms with Gasteiger partial charge in [0.2, 0.25) is 0 Å². The quantitative estimate of drug-likeness (QED) is 0.737. The Morgan fingerprint density at radius 1 is 1.36 bits per heavy atom. The molecular formula is C8H8Cl2N2O2. The lowest BCUT2D eigenvalue weighted by molar-refractivity contribution is 0.0525. The number of halogens is 2. The second-order valence-electron chi connectivity index (χ2n) is 2.50. The zero-order valence-electron chi connectivity index (χ0n) is 7.67. The maximum atomic E-state index is 11.4. The fourth-order valence-electron chi connectivity index (χ4n) is 0.911. The minimum atomic E-state index is -0.535. The average molecular weight is 235 g/mol. The van der Waals surface area contributed by atoms with Crippen molar-refractivity contribution in [3.8, 4) is 0 Å². The van der Waals surface area contributed by atoms with Crippen LogP contribution >= 0.6 is 23.2 Å². The van der Waals surface area contributed by atoms with Crippen LogP contribution in [0.5, 0.6) is 0 Å². The van der Waals surface area contributed by atoms with Gasteiger partial charge in [-0.3, -0.25) is 0 Å². The first-order chi connectivity index (χ1) is 6.57. The van der Waals surface area contributed by atoms with Crippen LogP contribution in [0.1, 0.15) is 22.8 Å². The van der Waals surface area contributed by atoms with E-state index in [4.69, 9.17) is 27.9 Å². The molecule has 6 heteroatoms. The molecule has 1 aromatic rings. The van der Waals surface area contributed by atoms with E-state index in [-0.39, 0.29) is 22.5 Å². The van der Waals surface area contributed by atoms with Crippen molar-refractivity contribution in [2.24, 2.45) is 0 Å². The molecule has 0 bridgehead atoms. The molecule has 0 unspecified atom stereocenters. The van der Waals surface area contributed by atoms with Gasteiger partial charge in [0.05, 0.1) is 6.61 Å². The number of aromatic nitrogens is 2. The Hall–Kier alpha value is -0.870. The molecule has 0 aromatic carbocycles. The van der Waals surface area contributed by atoms with Gasteiger partial charge >= 0.3 is 5.97 Å². The average Bonchev–Trinajstić information content (AvgIpc) is 2.13. The van der Waals surface area contributed by atoms with Crippen LogP contribution < -0.4 is 0 Å². The molecule has 0 N–H and O–H groups in total. The summed E-state index contributed by atoms with van der Waals surface area (Å²) in [6, 6.07) is 0. The number of carbonyl (C=O) groups excluding carboxylic acids is 1. The molecule has 0 amide bonds. The monoisotopic (exact) mass is 234 g/mol. The summed E-state index contributed by atoms with van der Waals surface area (Å²) >= 11 is 11.4. The summed E-state index contributed by atoms with van der Waals surface area (Å²) < 4.78 is 4.79. The molecule has 0 aliphatic rings. The minimum absolute atomic E-state index is 0.00495. The van der Waals surface area contributed by atoms with Crippen LogP contribution in [-0.4, -0.2) is 22.8 Å². The molecule has 0 aliphatic heterocycles. The van der Waals surface area contributed by atoms with Crippen molar-refractivity contribution < 1.29 is 9.53 Å². The molecule has 0 radical (unpaired) electrons. The van der Waals surface area contributed by atoms with Gasteiger partial charge in [0.1, 0.15) is 5.56 Å². The fraction of sp³-hybridized carbons (Fsp3) is 0.375. The topological polar surface area (TPSA) is 52.1 Å². The molecule has 1 aromatic heterocycles. The van der Waals surface area contributed by atoms with E-state index < -0.39 is 5.97 Å². The van der Waals surface area contributed by atoms with Gasteiger partial charge in [0.25, 0.3) is 0 Å². The lowest BCUT2D eigenvalue weighted by atomic mass is 10.2. The Morgan fingerprint density at radius 3 is 2.50 bits per heavy atom. The molecule has 0 spiro atoms. The van der Waals surface area contributed by atoms with Gasteiger partial charge in [-0.2, -0.15) is 0 Å². The SMILES string of the molecule is CCOC(=O)c1c(Cl)nnc(Cl)c1C. The Bertz CT molecular complexity index is 369. The van der Waals surface area contributed by atoms with E-state index in [0.29, 0.717) is 5.56 Å². The van der Waals surface area contributed by atoms with Crippen LogP contribution in [0.15, 0.2) is 0 Å². The van der Waals surface area contributed by atoms with Crippen molar-refractivity contribution in [3.63, 3.8) is 0 Å². The van der Waals surface area contributed by atoms with E-state index in [2.05, 4.69) is 10.2 Å². The smallest absolute Gasteiger partial charge is 0.341 e. The van der Waals surface area contributed by atoms with Gasteiger partial charge in [-0.25, -0.2) is 4.79 Å². The van der Waals surface area contributed by atoms with Crippen LogP contribution in [0.25, 0.3) is 0 Å². The first-order valence-electron chi connectivity index (χ1n) is 3.93. The third-order valence-corrected chi connectivity index (χ3v) is 2.22. The predicted molar refractivity (Wildman–Crippen MR) is 52.7 cm³/mol. The number of hydrogen-bond acceptors (Lipinski definition) is 4. The number of hydrogen-bond donors (Lipinski definition) is 0. The highest BCUT2D eigenvalue weighted by Gasteiger charge is 2.18. The van der Waals surface area contributed by atoms with Crippen LogP contribution in [0.2, 0.25) is 10.3 Å². The second kappa shape index (κ2) is 4.57. The van der Waals surface area contributed by atoms with Crippen LogP contribution in [0, 0.1) is 6.92 Å². The van der Waals surface area contributed by atoms with Crippen molar-refractivity contribution in [1.82, 2.24) is 10.2 Å². The number of nitrogens with zero attached hydrogens (tertiary/aromatic N) is 2. The summed E-state index contributed by atoms with van der Waals surface area (Å²) in [4.78, 5) is 11.4. The maximum absolute atomic E-state index is 11.4. The zero-order chi connectivity index (χ0) is 10.7. The van der Waals surface area contributed by atoms with Gasteiger partial charge in [-0.05, 0) is 13.8 Å². The van der Waals surface area contributed by atoms with Crippen LogP contribution in [0.4, 0.5) is 0 Å². The molecule has 0 saturated carbocycles. The molecule has 14 heavy (non-hydrogen) atoms. The summed E-state index contributed by atoms with van der Waals surface area (Å²) in [7, 11) is 0. The van der Waals surface area contributed by atoms with Crippen molar-refractivity contribution in [2.45, 2.75) is 13.8 Å². The third-order valence-electron chi connectivity index (χ3n) is 1.60. The van der Waals surface area contributed by atoms with Crippen molar-refractivity contribution in [1.29, 1.82) is 0 Å². The van der Waals surface area contributed by atoms with E-state index in [1.165, 1.54) is 0 Å². The number of rotatable bonds is 2. The standard InChI is InChI=1S/C8H8Cl2N2O2/c1-3-14-8(13)5-4(2)6(9)11-12-7(5)10/h3H2,1-2H3. The number of ether oxygens (including phenoxy) is 1. The van der Waals surface area contributed by atoms with E-state index >= 15 is 0 Å². The second-order valence-corrected chi connectivity index (χ2v) is 3.22. The Morgan fingerprint density at radius 2 is 1.93 bits per heavy atom. The first-order valence-corrected chi connectivity index (χ1v) is 4.69. The lowest BCUT2D eigenvalue weighted by Crippen LogP contribution is -2.09. The van der Waals surface area contributed by atoms with Crippen molar-refractivity contribution in [2.75, 3.05) is 6.61 Å². The Kier molecular flexibility index (Phi) is 3.66. The Labute approximate surface area is 91.2 Å². The largest absolute Gasteiger partial charge is 0.462 e. The van der Waals surface area contributed by atoms with Gasteiger partial charge in [-0.15, -0.1) is 10.2 Å². The maximum Gasteiger partial charge on any atom is 0.341 e. The lowest BCUT2D eigenvalue weighted by Gasteiger charge is -2.06. The van der Waals surface area contributed by atoms with Gasteiger partial charge < -0.3 is 4.74 Å². The number of carbonyl (C=O) groups is 1. The van der Waals surface area contributed by atoms with Crippen molar-refractivity contribution in [3.05, 3.63) is 21.4 Å².